The number of aliphatic hydroxyl groups is 2. The summed E-state index contributed by atoms with van der Waals surface area (Å²) in [7, 11) is 0. The topological polar surface area (TPSA) is 148 Å². The first-order valence-corrected chi connectivity index (χ1v) is 7.49. The first-order chi connectivity index (χ1) is 11.8. The maximum Gasteiger partial charge on any atom is 0.267 e. The largest absolute Gasteiger partial charge is 0.390 e. The average Bonchev–Trinajstić information content (AvgIpc) is 2.62. The molecule has 1 aromatic rings. The molecule has 1 aromatic carbocycles. The Balaban J connectivity index is 2.49. The predicted octanol–water partition coefficient (Wildman–Crippen LogP) is -0.859. The molecule has 0 aliphatic carbocycles. The molecule has 0 aliphatic rings. The maximum absolute atomic E-state index is 12.0. The Morgan fingerprint density at radius 3 is 2.60 bits per heavy atom. The fraction of sp³-hybridized carbons (Fsp3) is 0.312. The number of ketones is 1. The Labute approximate surface area is 144 Å². The Morgan fingerprint density at radius 2 is 1.96 bits per heavy atom. The molecule has 0 unspecified atom stereocenters. The van der Waals surface area contributed by atoms with Crippen LogP contribution in [0.4, 0.5) is 0 Å². The van der Waals surface area contributed by atoms with Crippen LogP contribution in [0.25, 0.3) is 6.08 Å². The lowest BCUT2D eigenvalue weighted by Gasteiger charge is -2.12. The Hall–Kier alpha value is -2.59. The SMILES string of the molecule is C[C@@H](O)[C@@H](O)C(=O)CCNNC(=O)c1cccc(/C=C/C(=O)NO)c1. The fourth-order valence-electron chi connectivity index (χ4n) is 1.81. The van der Waals surface area contributed by atoms with E-state index in [4.69, 9.17) is 10.3 Å². The molecule has 2 atom stereocenters. The number of hydrogen-bond donors (Lipinski definition) is 6. The van der Waals surface area contributed by atoms with Gasteiger partial charge in [0.15, 0.2) is 5.78 Å². The minimum atomic E-state index is -1.45. The number of hydroxylamine groups is 1. The molecule has 0 aliphatic heterocycles. The number of hydrogen-bond acceptors (Lipinski definition) is 7. The molecule has 25 heavy (non-hydrogen) atoms. The minimum absolute atomic E-state index is 0.0641. The van der Waals surface area contributed by atoms with Gasteiger partial charge in [-0.05, 0) is 30.7 Å². The summed E-state index contributed by atoms with van der Waals surface area (Å²) in [5.41, 5.74) is 7.30. The van der Waals surface area contributed by atoms with Crippen molar-refractivity contribution in [3.05, 3.63) is 41.5 Å². The average molecular weight is 351 g/mol. The first kappa shape index (κ1) is 20.5. The highest BCUT2D eigenvalue weighted by molar-refractivity contribution is 5.95. The molecule has 6 N–H and O–H groups in total. The lowest BCUT2D eigenvalue weighted by atomic mass is 10.1. The van der Waals surface area contributed by atoms with Crippen LogP contribution in [-0.4, -0.2) is 51.8 Å². The fourth-order valence-corrected chi connectivity index (χ4v) is 1.81. The summed E-state index contributed by atoms with van der Waals surface area (Å²) >= 11 is 0. The van der Waals surface area contributed by atoms with E-state index in [2.05, 4.69) is 10.9 Å². The molecular formula is C16H21N3O6. The number of nitrogens with one attached hydrogen (secondary N) is 3. The zero-order chi connectivity index (χ0) is 18.8. The van der Waals surface area contributed by atoms with E-state index in [1.54, 1.807) is 18.2 Å². The van der Waals surface area contributed by atoms with Crippen LogP contribution in [0.15, 0.2) is 30.3 Å². The van der Waals surface area contributed by atoms with Crippen LogP contribution >= 0.6 is 0 Å². The molecule has 1 rings (SSSR count). The molecular weight excluding hydrogens is 330 g/mol. The van der Waals surface area contributed by atoms with Crippen molar-refractivity contribution in [1.82, 2.24) is 16.3 Å². The van der Waals surface area contributed by atoms with Gasteiger partial charge in [-0.1, -0.05) is 12.1 Å². The van der Waals surface area contributed by atoms with Crippen LogP contribution in [0, 0.1) is 0 Å². The van der Waals surface area contributed by atoms with E-state index in [1.165, 1.54) is 24.5 Å². The molecule has 0 fully saturated rings. The van der Waals surface area contributed by atoms with E-state index < -0.39 is 29.8 Å². The zero-order valence-corrected chi connectivity index (χ0v) is 13.6. The van der Waals surface area contributed by atoms with E-state index in [1.807, 2.05) is 0 Å². The highest BCUT2D eigenvalue weighted by Crippen LogP contribution is 2.07. The molecule has 0 spiro atoms. The molecule has 0 radical (unpaired) electrons. The quantitative estimate of drug-likeness (QED) is 0.147. The molecule has 136 valence electrons. The molecule has 0 bridgehead atoms. The lowest BCUT2D eigenvalue weighted by molar-refractivity contribution is -0.132. The number of Topliss-reactive ketones (excluding diaryl/α,β-unsaturated/α-hetero) is 1. The van der Waals surface area contributed by atoms with E-state index >= 15 is 0 Å². The molecule has 0 aromatic heterocycles. The van der Waals surface area contributed by atoms with E-state index in [9.17, 15) is 19.5 Å². The third-order valence-corrected chi connectivity index (χ3v) is 3.17. The van der Waals surface area contributed by atoms with Crippen molar-refractivity contribution in [3.63, 3.8) is 0 Å². The van der Waals surface area contributed by atoms with Crippen molar-refractivity contribution in [2.45, 2.75) is 25.6 Å². The van der Waals surface area contributed by atoms with Crippen LogP contribution in [-0.2, 0) is 9.59 Å². The zero-order valence-electron chi connectivity index (χ0n) is 13.6. The van der Waals surface area contributed by atoms with E-state index in [0.29, 0.717) is 11.1 Å². The van der Waals surface area contributed by atoms with Gasteiger partial charge in [-0.15, -0.1) is 0 Å². The van der Waals surface area contributed by atoms with Gasteiger partial charge in [0, 0.05) is 24.6 Å². The van der Waals surface area contributed by atoms with Gasteiger partial charge in [0.05, 0.1) is 6.10 Å². The first-order valence-electron chi connectivity index (χ1n) is 7.49. The van der Waals surface area contributed by atoms with Gasteiger partial charge in [-0.25, -0.2) is 10.9 Å². The van der Waals surface area contributed by atoms with Gasteiger partial charge in [0.1, 0.15) is 6.10 Å². The van der Waals surface area contributed by atoms with Crippen LogP contribution in [0.3, 0.4) is 0 Å². The molecule has 0 heterocycles. The standard InChI is InChI=1S/C16H21N3O6/c1-10(20)15(23)13(21)7-8-17-18-16(24)12-4-2-3-11(9-12)5-6-14(22)19-25/h2-6,9-10,15,17,20,23,25H,7-8H2,1H3,(H,18,24)(H,19,22)/b6-5+/t10-,15-/m1/s1. The molecule has 0 saturated carbocycles. The Kier molecular flexibility index (Phi) is 8.44. The molecule has 0 saturated heterocycles. The van der Waals surface area contributed by atoms with E-state index in [0.717, 1.165) is 6.08 Å². The third-order valence-electron chi connectivity index (χ3n) is 3.17. The normalized spacial score (nSPS) is 13.3. The lowest BCUT2D eigenvalue weighted by Crippen LogP contribution is -2.40. The highest BCUT2D eigenvalue weighted by Gasteiger charge is 2.19. The van der Waals surface area contributed by atoms with Gasteiger partial charge >= 0.3 is 0 Å². The predicted molar refractivity (Wildman–Crippen MR) is 88.2 cm³/mol. The van der Waals surface area contributed by atoms with Gasteiger partial charge in [0.25, 0.3) is 11.8 Å². The van der Waals surface area contributed by atoms with Crippen LogP contribution < -0.4 is 16.3 Å². The number of carbonyl (C=O) groups is 3. The monoisotopic (exact) mass is 351 g/mol. The summed E-state index contributed by atoms with van der Waals surface area (Å²) in [6.07, 6.45) is -0.131. The third kappa shape index (κ3) is 7.23. The second kappa shape index (κ2) is 10.3. The van der Waals surface area contributed by atoms with Gasteiger partial charge in [-0.2, -0.15) is 0 Å². The maximum atomic E-state index is 12.0. The highest BCUT2D eigenvalue weighted by atomic mass is 16.5. The van der Waals surface area contributed by atoms with E-state index in [-0.39, 0.29) is 13.0 Å². The minimum Gasteiger partial charge on any atom is -0.390 e. The molecule has 9 heteroatoms. The van der Waals surface area contributed by atoms with Crippen molar-refractivity contribution >= 4 is 23.7 Å². The van der Waals surface area contributed by atoms with Crippen molar-refractivity contribution < 1.29 is 29.8 Å². The van der Waals surface area contributed by atoms with Gasteiger partial charge in [-0.3, -0.25) is 25.0 Å². The smallest absolute Gasteiger partial charge is 0.267 e. The Morgan fingerprint density at radius 1 is 1.24 bits per heavy atom. The molecule has 2 amide bonds. The van der Waals surface area contributed by atoms with Crippen molar-refractivity contribution in [2.75, 3.05) is 6.54 Å². The molecule has 9 nitrogen and oxygen atoms in total. The second-order valence-electron chi connectivity index (χ2n) is 5.22. The van der Waals surface area contributed by atoms with Crippen LogP contribution in [0.5, 0.6) is 0 Å². The van der Waals surface area contributed by atoms with Gasteiger partial charge in [0.2, 0.25) is 0 Å². The summed E-state index contributed by atoms with van der Waals surface area (Å²) in [5, 5.41) is 26.9. The summed E-state index contributed by atoms with van der Waals surface area (Å²) in [5.74, 6) is -1.68. The summed E-state index contributed by atoms with van der Waals surface area (Å²) in [4.78, 5) is 34.4. The number of hydrazine groups is 1. The van der Waals surface area contributed by atoms with Crippen molar-refractivity contribution in [3.8, 4) is 0 Å². The second-order valence-corrected chi connectivity index (χ2v) is 5.22. The van der Waals surface area contributed by atoms with Crippen LogP contribution in [0.2, 0.25) is 0 Å². The Bertz CT molecular complexity index is 645. The summed E-state index contributed by atoms with van der Waals surface area (Å²) in [6, 6.07) is 6.37. The van der Waals surface area contributed by atoms with Crippen molar-refractivity contribution in [2.24, 2.45) is 0 Å². The number of amides is 2. The summed E-state index contributed by atoms with van der Waals surface area (Å²) < 4.78 is 0. The number of benzene rings is 1. The number of rotatable bonds is 9. The number of aliphatic hydroxyl groups excluding tert-OH is 2. The van der Waals surface area contributed by atoms with Gasteiger partial charge < -0.3 is 10.2 Å². The summed E-state index contributed by atoms with van der Waals surface area (Å²) in [6.45, 7) is 1.40. The number of carbonyl (C=O) groups excluding carboxylic acids is 3. The van der Waals surface area contributed by atoms with Crippen molar-refractivity contribution in [1.29, 1.82) is 0 Å². The van der Waals surface area contributed by atoms with Crippen LogP contribution in [0.1, 0.15) is 29.3 Å².